The lowest BCUT2D eigenvalue weighted by Crippen LogP contribution is -2.09. The Morgan fingerprint density at radius 2 is 1.04 bits per heavy atom. The van der Waals surface area contributed by atoms with E-state index in [2.05, 4.69) is 138 Å². The fourth-order valence-corrected chi connectivity index (χ4v) is 6.56. The van der Waals surface area contributed by atoms with Gasteiger partial charge < -0.3 is 9.32 Å². The van der Waals surface area contributed by atoms with Gasteiger partial charge in [-0.15, -0.1) is 0 Å². The molecule has 3 nitrogen and oxygen atoms in total. The lowest BCUT2D eigenvalue weighted by Gasteiger charge is -2.26. The molecule has 0 N–H and O–H groups in total. The van der Waals surface area contributed by atoms with Crippen LogP contribution in [-0.4, -0.2) is 4.98 Å². The minimum atomic E-state index is 0.644. The SMILES string of the molecule is c1ccc(-c2nc3ccc4ccc5cc(-c6ccc(N(c7ccccc7)c7ccc8ccccc8c7)cc6)ccc5c4c3o2)cc1. The van der Waals surface area contributed by atoms with Crippen molar-refractivity contribution in [1.82, 2.24) is 4.98 Å². The second-order valence-corrected chi connectivity index (χ2v) is 11.6. The molecule has 1 heterocycles. The highest BCUT2D eigenvalue weighted by atomic mass is 16.3. The molecule has 0 radical (unpaired) electrons. The second kappa shape index (κ2) is 10.8. The summed E-state index contributed by atoms with van der Waals surface area (Å²) in [7, 11) is 0. The summed E-state index contributed by atoms with van der Waals surface area (Å²) in [4.78, 5) is 7.13. The van der Waals surface area contributed by atoms with Gasteiger partial charge in [0.25, 0.3) is 0 Å². The predicted molar refractivity (Wildman–Crippen MR) is 192 cm³/mol. The van der Waals surface area contributed by atoms with Crippen LogP contribution in [0.15, 0.2) is 174 Å². The van der Waals surface area contributed by atoms with Crippen molar-refractivity contribution in [2.45, 2.75) is 0 Å². The normalized spacial score (nSPS) is 11.5. The van der Waals surface area contributed by atoms with Crippen LogP contribution in [0, 0.1) is 0 Å². The molecule has 0 aliphatic rings. The summed E-state index contributed by atoms with van der Waals surface area (Å²) in [6.45, 7) is 0. The molecule has 0 saturated heterocycles. The van der Waals surface area contributed by atoms with Crippen molar-refractivity contribution in [3.05, 3.63) is 170 Å². The van der Waals surface area contributed by atoms with Gasteiger partial charge in [0, 0.05) is 28.0 Å². The molecule has 1 aromatic heterocycles. The van der Waals surface area contributed by atoms with Gasteiger partial charge in [0.15, 0.2) is 5.58 Å². The first-order valence-electron chi connectivity index (χ1n) is 15.5. The van der Waals surface area contributed by atoms with E-state index in [4.69, 9.17) is 9.40 Å². The third-order valence-corrected chi connectivity index (χ3v) is 8.84. The van der Waals surface area contributed by atoms with Crippen LogP contribution in [0.25, 0.3) is 66.0 Å². The molecular formula is C43H28N2O. The summed E-state index contributed by atoms with van der Waals surface area (Å²) in [6.07, 6.45) is 0. The first kappa shape index (κ1) is 26.2. The van der Waals surface area contributed by atoms with Gasteiger partial charge in [0.1, 0.15) is 5.52 Å². The molecule has 3 heteroatoms. The molecule has 0 fully saturated rings. The number of rotatable bonds is 5. The summed E-state index contributed by atoms with van der Waals surface area (Å²) in [5.41, 5.74) is 8.37. The second-order valence-electron chi connectivity index (χ2n) is 11.6. The molecule has 0 saturated carbocycles. The van der Waals surface area contributed by atoms with Gasteiger partial charge in [0.05, 0.1) is 0 Å². The van der Waals surface area contributed by atoms with Crippen LogP contribution in [-0.2, 0) is 0 Å². The van der Waals surface area contributed by atoms with Gasteiger partial charge in [-0.25, -0.2) is 4.98 Å². The minimum Gasteiger partial charge on any atom is -0.435 e. The van der Waals surface area contributed by atoms with Crippen molar-refractivity contribution < 1.29 is 4.42 Å². The van der Waals surface area contributed by atoms with Gasteiger partial charge in [-0.2, -0.15) is 0 Å². The van der Waals surface area contributed by atoms with Crippen LogP contribution >= 0.6 is 0 Å². The Bertz CT molecular complexity index is 2520. The van der Waals surface area contributed by atoms with Crippen LogP contribution in [0.4, 0.5) is 17.1 Å². The summed E-state index contributed by atoms with van der Waals surface area (Å²) in [6, 6.07) is 59.9. The van der Waals surface area contributed by atoms with Crippen molar-refractivity contribution >= 4 is 60.5 Å². The van der Waals surface area contributed by atoms with Gasteiger partial charge in [-0.3, -0.25) is 0 Å². The highest BCUT2D eigenvalue weighted by molar-refractivity contribution is 6.18. The molecule has 0 aliphatic carbocycles. The smallest absolute Gasteiger partial charge is 0.227 e. The zero-order chi connectivity index (χ0) is 30.5. The summed E-state index contributed by atoms with van der Waals surface area (Å²) in [5.74, 6) is 0.644. The minimum absolute atomic E-state index is 0.644. The fraction of sp³-hybridized carbons (Fsp3) is 0. The number of para-hydroxylation sites is 1. The topological polar surface area (TPSA) is 29.3 Å². The number of anilines is 3. The molecule has 0 atom stereocenters. The van der Waals surface area contributed by atoms with E-state index in [1.165, 1.54) is 27.3 Å². The Hall–Kier alpha value is -6.19. The van der Waals surface area contributed by atoms with Crippen molar-refractivity contribution in [1.29, 1.82) is 0 Å². The van der Waals surface area contributed by atoms with Gasteiger partial charge >= 0.3 is 0 Å². The molecule has 0 spiro atoms. The van der Waals surface area contributed by atoms with E-state index < -0.39 is 0 Å². The molecule has 216 valence electrons. The number of fused-ring (bicyclic) bond motifs is 6. The Morgan fingerprint density at radius 1 is 0.413 bits per heavy atom. The van der Waals surface area contributed by atoms with E-state index >= 15 is 0 Å². The molecule has 0 unspecified atom stereocenters. The molecule has 9 rings (SSSR count). The van der Waals surface area contributed by atoms with Crippen molar-refractivity contribution in [2.75, 3.05) is 4.90 Å². The van der Waals surface area contributed by atoms with E-state index in [1.54, 1.807) is 0 Å². The zero-order valence-corrected chi connectivity index (χ0v) is 25.0. The maximum Gasteiger partial charge on any atom is 0.227 e. The molecule has 0 aliphatic heterocycles. The van der Waals surface area contributed by atoms with Crippen LogP contribution < -0.4 is 4.90 Å². The number of aromatic nitrogens is 1. The summed E-state index contributed by atoms with van der Waals surface area (Å²) < 4.78 is 6.41. The number of hydrogen-bond acceptors (Lipinski definition) is 3. The molecule has 46 heavy (non-hydrogen) atoms. The van der Waals surface area contributed by atoms with Crippen molar-refractivity contribution in [3.8, 4) is 22.6 Å². The Kier molecular flexibility index (Phi) is 6.14. The predicted octanol–water partition coefficient (Wildman–Crippen LogP) is 12.1. The van der Waals surface area contributed by atoms with Crippen molar-refractivity contribution in [2.24, 2.45) is 0 Å². The largest absolute Gasteiger partial charge is 0.435 e. The third-order valence-electron chi connectivity index (χ3n) is 8.84. The molecule has 9 aromatic rings. The van der Waals surface area contributed by atoms with E-state index in [-0.39, 0.29) is 0 Å². The monoisotopic (exact) mass is 588 g/mol. The molecular weight excluding hydrogens is 560 g/mol. The van der Waals surface area contributed by atoms with Gasteiger partial charge in [-0.05, 0) is 98.7 Å². The van der Waals surface area contributed by atoms with Crippen LogP contribution in [0.1, 0.15) is 0 Å². The standard InChI is InChI=1S/C43H28N2O/c1-3-10-32(11-4-1)43-44-40-26-21-31-15-16-35-27-34(20-25-39(35)41(31)42(40)46-43)30-17-22-37(23-18-30)45(36-13-5-2-6-14-36)38-24-19-29-9-7-8-12-33(29)28-38/h1-28H. The lowest BCUT2D eigenvalue weighted by atomic mass is 9.97. The maximum atomic E-state index is 6.41. The average molecular weight is 589 g/mol. The number of oxazole rings is 1. The van der Waals surface area contributed by atoms with Gasteiger partial charge in [0.2, 0.25) is 5.89 Å². The zero-order valence-electron chi connectivity index (χ0n) is 25.0. The highest BCUT2D eigenvalue weighted by Crippen LogP contribution is 2.39. The number of nitrogens with zero attached hydrogens (tertiary/aromatic N) is 2. The quantitative estimate of drug-likeness (QED) is 0.187. The van der Waals surface area contributed by atoms with Gasteiger partial charge in [-0.1, -0.05) is 109 Å². The van der Waals surface area contributed by atoms with Crippen LogP contribution in [0.5, 0.6) is 0 Å². The van der Waals surface area contributed by atoms with E-state index in [0.29, 0.717) is 5.89 Å². The van der Waals surface area contributed by atoms with E-state index in [9.17, 15) is 0 Å². The van der Waals surface area contributed by atoms with Crippen LogP contribution in [0.2, 0.25) is 0 Å². The Balaban J connectivity index is 1.11. The number of benzene rings is 8. The van der Waals surface area contributed by atoms with Crippen molar-refractivity contribution in [3.63, 3.8) is 0 Å². The molecule has 0 bridgehead atoms. The highest BCUT2D eigenvalue weighted by Gasteiger charge is 2.15. The Labute approximate surface area is 266 Å². The maximum absolute atomic E-state index is 6.41. The molecule has 8 aromatic carbocycles. The lowest BCUT2D eigenvalue weighted by molar-refractivity contribution is 0.623. The van der Waals surface area contributed by atoms with Crippen LogP contribution in [0.3, 0.4) is 0 Å². The summed E-state index contributed by atoms with van der Waals surface area (Å²) >= 11 is 0. The van der Waals surface area contributed by atoms with E-state index in [0.717, 1.165) is 49.9 Å². The first-order valence-corrected chi connectivity index (χ1v) is 15.5. The van der Waals surface area contributed by atoms with E-state index in [1.807, 2.05) is 36.4 Å². The summed E-state index contributed by atoms with van der Waals surface area (Å²) in [5, 5.41) is 7.02. The molecule has 0 amide bonds. The third kappa shape index (κ3) is 4.49. The first-order chi connectivity index (χ1) is 22.8. The average Bonchev–Trinajstić information content (AvgIpc) is 3.57. The number of hydrogen-bond donors (Lipinski definition) is 0. The fourth-order valence-electron chi connectivity index (χ4n) is 6.56. The Morgan fingerprint density at radius 3 is 1.87 bits per heavy atom.